The Morgan fingerprint density at radius 1 is 1.29 bits per heavy atom. The standard InChI is InChI=1S/C11H14FNO/c12-9-1-2-10(11(13)7-9)8-3-5-14-6-4-8/h1-2,7-8H,3-6,13H2. The van der Waals surface area contributed by atoms with Crippen LogP contribution in [0.5, 0.6) is 0 Å². The topological polar surface area (TPSA) is 35.2 Å². The highest BCUT2D eigenvalue weighted by Crippen LogP contribution is 2.30. The minimum absolute atomic E-state index is 0.265. The number of rotatable bonds is 1. The first-order valence-electron chi connectivity index (χ1n) is 4.90. The van der Waals surface area contributed by atoms with E-state index in [1.165, 1.54) is 12.1 Å². The van der Waals surface area contributed by atoms with Crippen molar-refractivity contribution in [1.29, 1.82) is 0 Å². The molecule has 3 heteroatoms. The van der Waals surface area contributed by atoms with Gasteiger partial charge in [-0.2, -0.15) is 0 Å². The van der Waals surface area contributed by atoms with Gasteiger partial charge in [0, 0.05) is 18.9 Å². The summed E-state index contributed by atoms with van der Waals surface area (Å²) in [7, 11) is 0. The van der Waals surface area contributed by atoms with E-state index in [1.807, 2.05) is 0 Å². The summed E-state index contributed by atoms with van der Waals surface area (Å²) >= 11 is 0. The molecule has 0 amide bonds. The van der Waals surface area contributed by atoms with E-state index in [1.54, 1.807) is 6.07 Å². The second kappa shape index (κ2) is 3.96. The van der Waals surface area contributed by atoms with Gasteiger partial charge in [-0.25, -0.2) is 4.39 Å². The SMILES string of the molecule is Nc1cc(F)ccc1C1CCOCC1. The number of hydrogen-bond donors (Lipinski definition) is 1. The Labute approximate surface area is 82.9 Å². The Morgan fingerprint density at radius 2 is 2.00 bits per heavy atom. The Hall–Kier alpha value is -1.09. The quantitative estimate of drug-likeness (QED) is 0.698. The predicted octanol–water partition coefficient (Wildman–Crippen LogP) is 2.30. The first-order chi connectivity index (χ1) is 6.77. The van der Waals surface area contributed by atoms with Crippen LogP contribution in [0.4, 0.5) is 10.1 Å². The molecule has 2 nitrogen and oxygen atoms in total. The van der Waals surface area contributed by atoms with Gasteiger partial charge in [-0.1, -0.05) is 6.07 Å². The number of benzene rings is 1. The molecular weight excluding hydrogens is 181 g/mol. The van der Waals surface area contributed by atoms with Crippen molar-refractivity contribution in [1.82, 2.24) is 0 Å². The fourth-order valence-corrected chi connectivity index (χ4v) is 1.93. The van der Waals surface area contributed by atoms with Crippen LogP contribution in [0.1, 0.15) is 24.3 Å². The van der Waals surface area contributed by atoms with Crippen molar-refractivity contribution in [2.24, 2.45) is 0 Å². The largest absolute Gasteiger partial charge is 0.398 e. The lowest BCUT2D eigenvalue weighted by atomic mass is 9.90. The molecule has 1 fully saturated rings. The summed E-state index contributed by atoms with van der Waals surface area (Å²) in [6.07, 6.45) is 1.96. The molecule has 0 bridgehead atoms. The van der Waals surface area contributed by atoms with E-state index < -0.39 is 0 Å². The molecule has 0 radical (unpaired) electrons. The van der Waals surface area contributed by atoms with Crippen molar-refractivity contribution in [3.05, 3.63) is 29.6 Å². The number of hydrogen-bond acceptors (Lipinski definition) is 2. The van der Waals surface area contributed by atoms with E-state index in [-0.39, 0.29) is 5.82 Å². The van der Waals surface area contributed by atoms with E-state index in [0.717, 1.165) is 31.6 Å². The average molecular weight is 195 g/mol. The van der Waals surface area contributed by atoms with Gasteiger partial charge in [0.25, 0.3) is 0 Å². The molecule has 1 saturated heterocycles. The van der Waals surface area contributed by atoms with Crippen LogP contribution in [0.15, 0.2) is 18.2 Å². The Kier molecular flexibility index (Phi) is 2.68. The van der Waals surface area contributed by atoms with Crippen molar-refractivity contribution < 1.29 is 9.13 Å². The van der Waals surface area contributed by atoms with Crippen LogP contribution in [-0.2, 0) is 4.74 Å². The maximum absolute atomic E-state index is 12.8. The van der Waals surface area contributed by atoms with Gasteiger partial charge >= 0.3 is 0 Å². The molecule has 0 spiro atoms. The van der Waals surface area contributed by atoms with Gasteiger partial charge in [-0.3, -0.25) is 0 Å². The molecule has 14 heavy (non-hydrogen) atoms. The number of nitrogen functional groups attached to an aromatic ring is 1. The van der Waals surface area contributed by atoms with Crippen LogP contribution in [-0.4, -0.2) is 13.2 Å². The predicted molar refractivity (Wildman–Crippen MR) is 53.6 cm³/mol. The zero-order chi connectivity index (χ0) is 9.97. The van der Waals surface area contributed by atoms with Crippen LogP contribution < -0.4 is 5.73 Å². The summed E-state index contributed by atoms with van der Waals surface area (Å²) in [6.45, 7) is 1.56. The van der Waals surface area contributed by atoms with Gasteiger partial charge in [0.05, 0.1) is 0 Å². The molecule has 1 aliphatic rings. The number of nitrogens with two attached hydrogens (primary N) is 1. The van der Waals surface area contributed by atoms with E-state index in [9.17, 15) is 4.39 Å². The summed E-state index contributed by atoms with van der Waals surface area (Å²) in [6, 6.07) is 4.66. The number of halogens is 1. The smallest absolute Gasteiger partial charge is 0.125 e. The molecule has 0 aliphatic carbocycles. The highest BCUT2D eigenvalue weighted by molar-refractivity contribution is 5.48. The van der Waals surface area contributed by atoms with E-state index in [2.05, 4.69) is 0 Å². The molecule has 1 heterocycles. The second-order valence-corrected chi connectivity index (χ2v) is 3.66. The monoisotopic (exact) mass is 195 g/mol. The third kappa shape index (κ3) is 1.87. The van der Waals surface area contributed by atoms with Gasteiger partial charge in [-0.05, 0) is 36.5 Å². The Bertz CT molecular complexity index is 321. The fourth-order valence-electron chi connectivity index (χ4n) is 1.93. The van der Waals surface area contributed by atoms with Crippen LogP contribution >= 0.6 is 0 Å². The first-order valence-corrected chi connectivity index (χ1v) is 4.90. The van der Waals surface area contributed by atoms with Gasteiger partial charge in [-0.15, -0.1) is 0 Å². The zero-order valence-corrected chi connectivity index (χ0v) is 8.00. The van der Waals surface area contributed by atoms with Gasteiger partial charge in [0.2, 0.25) is 0 Å². The molecule has 1 aromatic rings. The van der Waals surface area contributed by atoms with E-state index in [4.69, 9.17) is 10.5 Å². The van der Waals surface area contributed by atoms with E-state index in [0.29, 0.717) is 11.6 Å². The Morgan fingerprint density at radius 3 is 2.64 bits per heavy atom. The van der Waals surface area contributed by atoms with Crippen molar-refractivity contribution in [3.63, 3.8) is 0 Å². The maximum atomic E-state index is 12.8. The van der Waals surface area contributed by atoms with Crippen LogP contribution in [0.25, 0.3) is 0 Å². The molecular formula is C11H14FNO. The first kappa shape index (κ1) is 9.46. The molecule has 2 N–H and O–H groups in total. The van der Waals surface area contributed by atoms with Crippen molar-refractivity contribution in [2.45, 2.75) is 18.8 Å². The molecule has 76 valence electrons. The lowest BCUT2D eigenvalue weighted by molar-refractivity contribution is 0.0854. The summed E-state index contributed by atoms with van der Waals surface area (Å²) in [5, 5.41) is 0. The van der Waals surface area contributed by atoms with E-state index >= 15 is 0 Å². The molecule has 1 aliphatic heterocycles. The van der Waals surface area contributed by atoms with Gasteiger partial charge < -0.3 is 10.5 Å². The average Bonchev–Trinajstić information content (AvgIpc) is 2.19. The lowest BCUT2D eigenvalue weighted by Crippen LogP contribution is -2.15. The number of anilines is 1. The Balaban J connectivity index is 2.22. The fraction of sp³-hybridized carbons (Fsp3) is 0.455. The van der Waals surface area contributed by atoms with Gasteiger partial charge in [0.1, 0.15) is 5.82 Å². The summed E-state index contributed by atoms with van der Waals surface area (Å²) in [5.41, 5.74) is 7.40. The van der Waals surface area contributed by atoms with Crippen LogP contribution in [0.2, 0.25) is 0 Å². The van der Waals surface area contributed by atoms with Crippen LogP contribution in [0, 0.1) is 5.82 Å². The minimum atomic E-state index is -0.265. The summed E-state index contributed by atoms with van der Waals surface area (Å²) < 4.78 is 18.1. The summed E-state index contributed by atoms with van der Waals surface area (Å²) in [4.78, 5) is 0. The van der Waals surface area contributed by atoms with Crippen molar-refractivity contribution in [2.75, 3.05) is 18.9 Å². The molecule has 0 aromatic heterocycles. The van der Waals surface area contributed by atoms with Crippen LogP contribution in [0.3, 0.4) is 0 Å². The minimum Gasteiger partial charge on any atom is -0.398 e. The maximum Gasteiger partial charge on any atom is 0.125 e. The second-order valence-electron chi connectivity index (χ2n) is 3.66. The third-order valence-corrected chi connectivity index (χ3v) is 2.71. The molecule has 0 saturated carbocycles. The third-order valence-electron chi connectivity index (χ3n) is 2.71. The molecule has 1 aromatic carbocycles. The lowest BCUT2D eigenvalue weighted by Gasteiger charge is -2.23. The highest BCUT2D eigenvalue weighted by atomic mass is 19.1. The van der Waals surface area contributed by atoms with Crippen molar-refractivity contribution >= 4 is 5.69 Å². The normalized spacial score (nSPS) is 18.4. The molecule has 0 atom stereocenters. The molecule has 0 unspecified atom stereocenters. The number of ether oxygens (including phenoxy) is 1. The van der Waals surface area contributed by atoms with Crippen molar-refractivity contribution in [3.8, 4) is 0 Å². The zero-order valence-electron chi connectivity index (χ0n) is 8.00. The summed E-state index contributed by atoms with van der Waals surface area (Å²) in [5.74, 6) is 0.169. The van der Waals surface area contributed by atoms with Gasteiger partial charge in [0.15, 0.2) is 0 Å². The highest BCUT2D eigenvalue weighted by Gasteiger charge is 2.17. The molecule has 2 rings (SSSR count).